The van der Waals surface area contributed by atoms with Gasteiger partial charge in [0.05, 0.1) is 0 Å². The highest BCUT2D eigenvalue weighted by atomic mass is 16.5. The molecule has 1 aliphatic carbocycles. The maximum absolute atomic E-state index is 12.5. The molecule has 0 amide bonds. The second kappa shape index (κ2) is 11.4. The number of carbonyl (C=O) groups excluding carboxylic acids is 1. The van der Waals surface area contributed by atoms with E-state index >= 15 is 0 Å². The van der Waals surface area contributed by atoms with E-state index in [0.29, 0.717) is 5.57 Å². The van der Waals surface area contributed by atoms with Gasteiger partial charge in [-0.05, 0) is 76.7 Å². The highest BCUT2D eigenvalue weighted by Crippen LogP contribution is 2.45. The standard InChI is InChI=1S/C29H50O3/c1-20(2)12-9-13-21(3)14-10-15-22(4)16-11-18-28(7)19-17-25-26(32-28)23(5)24(6)27(30)29(25,8)31/h20-22,31H,9-19H2,1-8H3. The van der Waals surface area contributed by atoms with Crippen molar-refractivity contribution in [1.29, 1.82) is 0 Å². The van der Waals surface area contributed by atoms with Crippen molar-refractivity contribution in [3.63, 3.8) is 0 Å². The van der Waals surface area contributed by atoms with Crippen molar-refractivity contribution < 1.29 is 14.6 Å². The van der Waals surface area contributed by atoms with Gasteiger partial charge in [-0.3, -0.25) is 4.79 Å². The van der Waals surface area contributed by atoms with Crippen LogP contribution in [0.25, 0.3) is 0 Å². The second-order valence-electron chi connectivity index (χ2n) is 11.9. The fraction of sp³-hybridized carbons (Fsp3) is 0.828. The molecule has 0 aromatic rings. The van der Waals surface area contributed by atoms with Crippen LogP contribution in [-0.2, 0) is 9.53 Å². The Hall–Kier alpha value is -1.09. The summed E-state index contributed by atoms with van der Waals surface area (Å²) in [5.41, 5.74) is 0.685. The van der Waals surface area contributed by atoms with Crippen LogP contribution in [0.4, 0.5) is 0 Å². The lowest BCUT2D eigenvalue weighted by Crippen LogP contribution is -2.46. The Morgan fingerprint density at radius 2 is 1.41 bits per heavy atom. The summed E-state index contributed by atoms with van der Waals surface area (Å²) < 4.78 is 6.50. The molecule has 1 aliphatic heterocycles. The number of Topliss-reactive ketones (excluding diaryl/α,β-unsaturated/α-hetero) is 1. The van der Waals surface area contributed by atoms with Crippen LogP contribution in [0, 0.1) is 17.8 Å². The lowest BCUT2D eigenvalue weighted by Gasteiger charge is -2.43. The first-order chi connectivity index (χ1) is 14.9. The van der Waals surface area contributed by atoms with Crippen molar-refractivity contribution in [2.24, 2.45) is 17.8 Å². The van der Waals surface area contributed by atoms with E-state index in [0.717, 1.165) is 53.9 Å². The molecule has 0 spiro atoms. The summed E-state index contributed by atoms with van der Waals surface area (Å²) in [7, 11) is 0. The molecule has 0 saturated heterocycles. The monoisotopic (exact) mass is 446 g/mol. The SMILES string of the molecule is CC1=C(C)C2=C(CCC(C)(CCCC(C)CCCC(C)CCCC(C)C)O2)C(C)(O)C1=O. The first kappa shape index (κ1) is 27.2. The molecular formula is C29H50O3. The van der Waals surface area contributed by atoms with Gasteiger partial charge in [-0.1, -0.05) is 72.6 Å². The van der Waals surface area contributed by atoms with Gasteiger partial charge in [0.25, 0.3) is 0 Å². The second-order valence-corrected chi connectivity index (χ2v) is 11.9. The molecule has 2 rings (SSSR count). The maximum Gasteiger partial charge on any atom is 0.194 e. The van der Waals surface area contributed by atoms with E-state index in [4.69, 9.17) is 4.74 Å². The van der Waals surface area contributed by atoms with Crippen molar-refractivity contribution in [2.75, 3.05) is 0 Å². The molecule has 1 N–H and O–H groups in total. The Kier molecular flexibility index (Phi) is 9.64. The lowest BCUT2D eigenvalue weighted by molar-refractivity contribution is -0.130. The van der Waals surface area contributed by atoms with Gasteiger partial charge >= 0.3 is 0 Å². The summed E-state index contributed by atoms with van der Waals surface area (Å²) in [6.07, 6.45) is 13.2. The molecule has 0 aromatic heterocycles. The maximum atomic E-state index is 12.5. The summed E-state index contributed by atoms with van der Waals surface area (Å²) in [6, 6.07) is 0. The van der Waals surface area contributed by atoms with Crippen LogP contribution in [0.15, 0.2) is 22.5 Å². The fourth-order valence-corrected chi connectivity index (χ4v) is 5.45. The molecule has 3 heteroatoms. The molecule has 2 aliphatic rings. The van der Waals surface area contributed by atoms with E-state index in [9.17, 15) is 9.90 Å². The number of allylic oxidation sites excluding steroid dienone is 1. The van der Waals surface area contributed by atoms with Gasteiger partial charge in [0, 0.05) is 11.1 Å². The minimum Gasteiger partial charge on any atom is -0.487 e. The summed E-state index contributed by atoms with van der Waals surface area (Å²) in [5.74, 6) is 3.05. The van der Waals surface area contributed by atoms with Gasteiger partial charge in [0.1, 0.15) is 17.0 Å². The minimum absolute atomic E-state index is 0.177. The van der Waals surface area contributed by atoms with E-state index in [1.807, 2.05) is 6.92 Å². The van der Waals surface area contributed by atoms with Crippen molar-refractivity contribution in [1.82, 2.24) is 0 Å². The third-order valence-corrected chi connectivity index (χ3v) is 8.07. The average Bonchev–Trinajstić information content (AvgIpc) is 2.70. The molecule has 184 valence electrons. The van der Waals surface area contributed by atoms with Crippen molar-refractivity contribution in [3.8, 4) is 0 Å². The molecule has 4 unspecified atom stereocenters. The molecule has 0 bridgehead atoms. The van der Waals surface area contributed by atoms with Crippen molar-refractivity contribution in [3.05, 3.63) is 22.5 Å². The Balaban J connectivity index is 1.76. The average molecular weight is 447 g/mol. The van der Waals surface area contributed by atoms with Crippen LogP contribution >= 0.6 is 0 Å². The van der Waals surface area contributed by atoms with Crippen LogP contribution in [0.3, 0.4) is 0 Å². The third-order valence-electron chi connectivity index (χ3n) is 8.07. The summed E-state index contributed by atoms with van der Waals surface area (Å²) in [4.78, 5) is 12.5. The zero-order valence-corrected chi connectivity index (χ0v) is 22.3. The fourth-order valence-electron chi connectivity index (χ4n) is 5.45. The van der Waals surface area contributed by atoms with E-state index in [1.165, 1.54) is 51.4 Å². The number of carbonyl (C=O) groups is 1. The Bertz CT molecular complexity index is 712. The van der Waals surface area contributed by atoms with Gasteiger partial charge in [0.2, 0.25) is 0 Å². The van der Waals surface area contributed by atoms with E-state index in [1.54, 1.807) is 13.8 Å². The number of hydrogen-bond donors (Lipinski definition) is 1. The van der Waals surface area contributed by atoms with Gasteiger partial charge in [0.15, 0.2) is 5.78 Å². The topological polar surface area (TPSA) is 46.5 Å². The zero-order valence-electron chi connectivity index (χ0n) is 22.3. The molecule has 0 fully saturated rings. The summed E-state index contributed by atoms with van der Waals surface area (Å²) in [5, 5.41) is 10.8. The van der Waals surface area contributed by atoms with Crippen LogP contribution in [0.5, 0.6) is 0 Å². The first-order valence-corrected chi connectivity index (χ1v) is 13.2. The van der Waals surface area contributed by atoms with Crippen LogP contribution in [0.1, 0.15) is 126 Å². The molecule has 0 aromatic carbocycles. The molecule has 4 atom stereocenters. The molecule has 0 radical (unpaired) electrons. The normalized spacial score (nSPS) is 28.1. The van der Waals surface area contributed by atoms with Crippen LogP contribution in [-0.4, -0.2) is 22.1 Å². The third kappa shape index (κ3) is 6.95. The molecule has 3 nitrogen and oxygen atoms in total. The number of aliphatic hydroxyl groups is 1. The number of rotatable bonds is 12. The Morgan fingerprint density at radius 1 is 0.875 bits per heavy atom. The van der Waals surface area contributed by atoms with Crippen LogP contribution < -0.4 is 0 Å². The molecule has 0 saturated carbocycles. The summed E-state index contributed by atoms with van der Waals surface area (Å²) >= 11 is 0. The molecular weight excluding hydrogens is 396 g/mol. The largest absolute Gasteiger partial charge is 0.487 e. The molecule has 1 heterocycles. The first-order valence-electron chi connectivity index (χ1n) is 13.2. The van der Waals surface area contributed by atoms with Gasteiger partial charge in [-0.15, -0.1) is 0 Å². The predicted octanol–water partition coefficient (Wildman–Crippen LogP) is 7.92. The van der Waals surface area contributed by atoms with E-state index in [2.05, 4.69) is 34.6 Å². The molecule has 32 heavy (non-hydrogen) atoms. The van der Waals surface area contributed by atoms with Crippen LogP contribution in [0.2, 0.25) is 0 Å². The Morgan fingerprint density at radius 3 is 1.97 bits per heavy atom. The highest BCUT2D eigenvalue weighted by Gasteiger charge is 2.46. The smallest absolute Gasteiger partial charge is 0.194 e. The quantitative estimate of drug-likeness (QED) is 0.331. The number of ketones is 1. The summed E-state index contributed by atoms with van der Waals surface area (Å²) in [6.45, 7) is 17.0. The number of ether oxygens (including phenoxy) is 1. The van der Waals surface area contributed by atoms with Gasteiger partial charge < -0.3 is 9.84 Å². The van der Waals surface area contributed by atoms with Crippen molar-refractivity contribution in [2.45, 2.75) is 137 Å². The highest BCUT2D eigenvalue weighted by molar-refractivity contribution is 6.06. The van der Waals surface area contributed by atoms with Crippen molar-refractivity contribution >= 4 is 5.78 Å². The predicted molar refractivity (Wildman–Crippen MR) is 134 cm³/mol. The Labute approximate surface area is 198 Å². The van der Waals surface area contributed by atoms with Gasteiger partial charge in [-0.25, -0.2) is 0 Å². The van der Waals surface area contributed by atoms with E-state index in [-0.39, 0.29) is 11.4 Å². The number of hydrogen-bond acceptors (Lipinski definition) is 3. The zero-order chi connectivity index (χ0) is 24.1. The van der Waals surface area contributed by atoms with Gasteiger partial charge in [-0.2, -0.15) is 0 Å². The van der Waals surface area contributed by atoms with E-state index < -0.39 is 5.60 Å². The lowest BCUT2D eigenvalue weighted by atomic mass is 9.74. The minimum atomic E-state index is -1.42.